The summed E-state index contributed by atoms with van der Waals surface area (Å²) in [5.74, 6) is 0.769. The van der Waals surface area contributed by atoms with Crippen LogP contribution in [0.5, 0.6) is 0 Å². The zero-order chi connectivity index (χ0) is 17.3. The number of aromatic nitrogens is 3. The van der Waals surface area contributed by atoms with Gasteiger partial charge in [0.15, 0.2) is 0 Å². The van der Waals surface area contributed by atoms with Crippen LogP contribution in [0.1, 0.15) is 17.2 Å². The molecule has 5 heteroatoms. The molecule has 1 aliphatic heterocycles. The van der Waals surface area contributed by atoms with Crippen LogP contribution in [-0.4, -0.2) is 14.8 Å². The molecule has 0 bridgehead atoms. The molecule has 2 aromatic carbocycles. The topological polar surface area (TPSA) is 42.7 Å². The van der Waals surface area contributed by atoms with E-state index in [4.69, 9.17) is 0 Å². The number of nitrogens with zero attached hydrogens (tertiary/aromatic N) is 3. The summed E-state index contributed by atoms with van der Waals surface area (Å²) in [7, 11) is 0. The van der Waals surface area contributed by atoms with Gasteiger partial charge < -0.3 is 5.32 Å². The zero-order valence-electron chi connectivity index (χ0n) is 13.9. The molecule has 0 fully saturated rings. The van der Waals surface area contributed by atoms with E-state index in [9.17, 15) is 0 Å². The van der Waals surface area contributed by atoms with E-state index in [1.54, 1.807) is 17.7 Å². The lowest BCUT2D eigenvalue weighted by Gasteiger charge is -2.23. The largest absolute Gasteiger partial charge is 0.324 e. The molecular formula is C21H16N4S. The number of benzene rings is 2. The van der Waals surface area contributed by atoms with Crippen molar-refractivity contribution < 1.29 is 0 Å². The highest BCUT2D eigenvalue weighted by atomic mass is 32.1. The summed E-state index contributed by atoms with van der Waals surface area (Å²) in [6, 6.07) is 21.2. The summed E-state index contributed by atoms with van der Waals surface area (Å²) < 4.78 is 1.92. The number of nitrogens with one attached hydrogen (secondary N) is 1. The summed E-state index contributed by atoms with van der Waals surface area (Å²) >= 11 is 1.70. The summed E-state index contributed by atoms with van der Waals surface area (Å²) in [4.78, 5) is 4.36. The minimum atomic E-state index is 0.0591. The smallest absolute Gasteiger partial charge is 0.226 e. The maximum atomic E-state index is 4.38. The minimum Gasteiger partial charge on any atom is -0.324 e. The van der Waals surface area contributed by atoms with Crippen LogP contribution in [0.25, 0.3) is 16.8 Å². The highest BCUT2D eigenvalue weighted by Gasteiger charge is 2.23. The normalized spacial score (nSPS) is 15.8. The number of hydrogen-bond donors (Lipinski definition) is 1. The Bertz CT molecular complexity index is 1050. The van der Waals surface area contributed by atoms with Crippen molar-refractivity contribution in [2.75, 3.05) is 5.32 Å². The molecule has 1 atom stereocenters. The van der Waals surface area contributed by atoms with Gasteiger partial charge in [0.2, 0.25) is 5.95 Å². The fraction of sp³-hybridized carbons (Fsp3) is 0.0476. The quantitative estimate of drug-likeness (QED) is 0.558. The van der Waals surface area contributed by atoms with Gasteiger partial charge in [0, 0.05) is 5.70 Å². The molecule has 0 radical (unpaired) electrons. The Labute approximate surface area is 155 Å². The maximum Gasteiger partial charge on any atom is 0.226 e. The summed E-state index contributed by atoms with van der Waals surface area (Å²) in [5.41, 5.74) is 5.85. The molecule has 2 aromatic heterocycles. The molecule has 1 N–H and O–H groups in total. The van der Waals surface area contributed by atoms with Crippen LogP contribution in [-0.2, 0) is 0 Å². The highest BCUT2D eigenvalue weighted by molar-refractivity contribution is 7.08. The van der Waals surface area contributed by atoms with E-state index < -0.39 is 0 Å². The average molecular weight is 356 g/mol. The number of rotatable bonds is 3. The second kappa shape index (κ2) is 6.28. The van der Waals surface area contributed by atoms with Gasteiger partial charge in [-0.1, -0.05) is 54.6 Å². The van der Waals surface area contributed by atoms with E-state index in [0.29, 0.717) is 0 Å². The third-order valence-electron chi connectivity index (χ3n) is 4.60. The second-order valence-electron chi connectivity index (χ2n) is 6.18. The van der Waals surface area contributed by atoms with Crippen molar-refractivity contribution in [1.29, 1.82) is 0 Å². The highest BCUT2D eigenvalue weighted by Crippen LogP contribution is 2.33. The van der Waals surface area contributed by atoms with Gasteiger partial charge in [-0.15, -0.1) is 0 Å². The fourth-order valence-electron chi connectivity index (χ4n) is 3.26. The number of allylic oxidation sites excluding steroid dienone is 1. The molecule has 0 saturated carbocycles. The van der Waals surface area contributed by atoms with Crippen LogP contribution in [0.3, 0.4) is 0 Å². The Morgan fingerprint density at radius 2 is 1.65 bits per heavy atom. The SMILES string of the molecule is C1=C(c2ccc(-c3ccccc3)cc2)Nc2ncnn2[C@H]1c1ccsc1. The van der Waals surface area contributed by atoms with E-state index >= 15 is 0 Å². The van der Waals surface area contributed by atoms with Crippen LogP contribution in [0.2, 0.25) is 0 Å². The van der Waals surface area contributed by atoms with Gasteiger partial charge in [0.25, 0.3) is 0 Å². The average Bonchev–Trinajstić information content (AvgIpc) is 3.40. The van der Waals surface area contributed by atoms with Crippen LogP contribution >= 0.6 is 11.3 Å². The first-order chi connectivity index (χ1) is 12.9. The first kappa shape index (κ1) is 15.1. The standard InChI is InChI=1S/C21H16N4S/c1-2-4-15(5-3-1)16-6-8-17(9-7-16)19-12-20(18-10-11-26-13-18)25-21(24-19)22-14-23-25/h1-14,20H,(H,22,23,24)/t20-/m1/s1. The lowest BCUT2D eigenvalue weighted by Crippen LogP contribution is -2.19. The molecule has 4 aromatic rings. The van der Waals surface area contributed by atoms with Crippen LogP contribution < -0.4 is 5.32 Å². The van der Waals surface area contributed by atoms with Crippen molar-refractivity contribution in [3.05, 3.63) is 95.0 Å². The van der Waals surface area contributed by atoms with E-state index in [0.717, 1.165) is 17.2 Å². The number of anilines is 1. The zero-order valence-corrected chi connectivity index (χ0v) is 14.7. The van der Waals surface area contributed by atoms with Gasteiger partial charge >= 0.3 is 0 Å². The Morgan fingerprint density at radius 1 is 0.885 bits per heavy atom. The predicted molar refractivity (Wildman–Crippen MR) is 106 cm³/mol. The molecule has 0 saturated heterocycles. The molecule has 0 unspecified atom stereocenters. The van der Waals surface area contributed by atoms with E-state index in [1.807, 2.05) is 10.7 Å². The van der Waals surface area contributed by atoms with Gasteiger partial charge in [-0.2, -0.15) is 21.4 Å². The molecule has 3 heterocycles. The number of hydrogen-bond acceptors (Lipinski definition) is 4. The van der Waals surface area contributed by atoms with E-state index in [2.05, 4.69) is 86.8 Å². The third kappa shape index (κ3) is 2.62. The van der Waals surface area contributed by atoms with E-state index in [1.165, 1.54) is 16.7 Å². The maximum absolute atomic E-state index is 4.38. The first-order valence-corrected chi connectivity index (χ1v) is 9.39. The van der Waals surface area contributed by atoms with Gasteiger partial charge in [0.1, 0.15) is 12.4 Å². The molecule has 0 spiro atoms. The summed E-state index contributed by atoms with van der Waals surface area (Å²) in [6.45, 7) is 0. The van der Waals surface area contributed by atoms with Crippen molar-refractivity contribution in [2.24, 2.45) is 0 Å². The lowest BCUT2D eigenvalue weighted by atomic mass is 10.0. The second-order valence-corrected chi connectivity index (χ2v) is 6.96. The van der Waals surface area contributed by atoms with Crippen molar-refractivity contribution in [3.8, 4) is 11.1 Å². The van der Waals surface area contributed by atoms with Crippen LogP contribution in [0.15, 0.2) is 83.8 Å². The molecule has 126 valence electrons. The van der Waals surface area contributed by atoms with E-state index in [-0.39, 0.29) is 6.04 Å². The fourth-order valence-corrected chi connectivity index (χ4v) is 3.95. The number of thiophene rings is 1. The lowest BCUT2D eigenvalue weighted by molar-refractivity contribution is 0.613. The molecule has 0 aliphatic carbocycles. The minimum absolute atomic E-state index is 0.0591. The van der Waals surface area contributed by atoms with Crippen molar-refractivity contribution in [3.63, 3.8) is 0 Å². The van der Waals surface area contributed by atoms with Gasteiger partial charge in [-0.05, 0) is 45.2 Å². The van der Waals surface area contributed by atoms with Crippen molar-refractivity contribution in [2.45, 2.75) is 6.04 Å². The van der Waals surface area contributed by atoms with Crippen LogP contribution in [0, 0.1) is 0 Å². The molecule has 0 amide bonds. The number of fused-ring (bicyclic) bond motifs is 1. The molecular weight excluding hydrogens is 340 g/mol. The van der Waals surface area contributed by atoms with Crippen molar-refractivity contribution in [1.82, 2.24) is 14.8 Å². The molecule has 4 nitrogen and oxygen atoms in total. The predicted octanol–water partition coefficient (Wildman–Crippen LogP) is 5.06. The Hall–Kier alpha value is -3.18. The summed E-state index contributed by atoms with van der Waals surface area (Å²) in [5, 5.41) is 12.0. The van der Waals surface area contributed by atoms with Gasteiger partial charge in [-0.25, -0.2) is 4.68 Å². The Balaban J connectivity index is 1.52. The first-order valence-electron chi connectivity index (χ1n) is 8.45. The Morgan fingerprint density at radius 3 is 2.42 bits per heavy atom. The van der Waals surface area contributed by atoms with Gasteiger partial charge in [-0.3, -0.25) is 0 Å². The monoisotopic (exact) mass is 356 g/mol. The third-order valence-corrected chi connectivity index (χ3v) is 5.30. The molecule has 1 aliphatic rings. The van der Waals surface area contributed by atoms with Crippen LogP contribution in [0.4, 0.5) is 5.95 Å². The van der Waals surface area contributed by atoms with Crippen molar-refractivity contribution >= 4 is 23.0 Å². The van der Waals surface area contributed by atoms with Gasteiger partial charge in [0.05, 0.1) is 0 Å². The molecule has 26 heavy (non-hydrogen) atoms. The summed E-state index contributed by atoms with van der Waals surface area (Å²) in [6.07, 6.45) is 3.80. The Kier molecular flexibility index (Phi) is 3.65. The molecule has 5 rings (SSSR count).